The van der Waals surface area contributed by atoms with Crippen molar-refractivity contribution in [1.29, 1.82) is 0 Å². The van der Waals surface area contributed by atoms with Crippen LogP contribution >= 0.6 is 35.0 Å². The SMILES string of the molecule is CC(=O)NCCSc1nnc2c(Cl)cc(Cl)cn12. The zero-order valence-electron chi connectivity index (χ0n) is 9.48. The molecule has 5 nitrogen and oxygen atoms in total. The van der Waals surface area contributed by atoms with Crippen LogP contribution in [0.4, 0.5) is 0 Å². The summed E-state index contributed by atoms with van der Waals surface area (Å²) in [5, 5.41) is 12.4. The molecule has 0 fully saturated rings. The maximum absolute atomic E-state index is 10.7. The second-order valence-electron chi connectivity index (χ2n) is 3.51. The largest absolute Gasteiger partial charge is 0.356 e. The van der Waals surface area contributed by atoms with E-state index in [1.165, 1.54) is 18.7 Å². The van der Waals surface area contributed by atoms with Crippen LogP contribution in [0, 0.1) is 0 Å². The van der Waals surface area contributed by atoms with E-state index in [2.05, 4.69) is 15.5 Å². The average Bonchev–Trinajstić information content (AvgIpc) is 2.67. The minimum Gasteiger partial charge on any atom is -0.356 e. The second-order valence-corrected chi connectivity index (χ2v) is 5.42. The number of hydrogen-bond acceptors (Lipinski definition) is 4. The van der Waals surface area contributed by atoms with E-state index in [0.717, 1.165) is 0 Å². The summed E-state index contributed by atoms with van der Waals surface area (Å²) in [5.74, 6) is 0.651. The van der Waals surface area contributed by atoms with Crippen LogP contribution in [0.25, 0.3) is 5.65 Å². The Morgan fingerprint density at radius 2 is 2.28 bits per heavy atom. The summed E-state index contributed by atoms with van der Waals surface area (Å²) in [6.45, 7) is 2.06. The number of halogens is 2. The van der Waals surface area contributed by atoms with Gasteiger partial charge in [-0.15, -0.1) is 10.2 Å². The van der Waals surface area contributed by atoms with Crippen molar-refractivity contribution >= 4 is 46.5 Å². The number of fused-ring (bicyclic) bond motifs is 1. The van der Waals surface area contributed by atoms with E-state index >= 15 is 0 Å². The second kappa shape index (κ2) is 5.77. The number of pyridine rings is 1. The molecule has 2 aromatic heterocycles. The molecule has 0 atom stereocenters. The van der Waals surface area contributed by atoms with Gasteiger partial charge in [0.15, 0.2) is 10.8 Å². The monoisotopic (exact) mass is 304 g/mol. The van der Waals surface area contributed by atoms with Crippen molar-refractivity contribution in [3.8, 4) is 0 Å². The Morgan fingerprint density at radius 1 is 1.50 bits per heavy atom. The van der Waals surface area contributed by atoms with E-state index in [1.807, 2.05) is 0 Å². The van der Waals surface area contributed by atoms with Gasteiger partial charge >= 0.3 is 0 Å². The van der Waals surface area contributed by atoms with E-state index in [1.54, 1.807) is 16.7 Å². The lowest BCUT2D eigenvalue weighted by Crippen LogP contribution is -2.22. The highest BCUT2D eigenvalue weighted by Gasteiger charge is 2.10. The minimum atomic E-state index is -0.0483. The van der Waals surface area contributed by atoms with Crippen LogP contribution in [0.1, 0.15) is 6.92 Å². The molecule has 1 amide bonds. The van der Waals surface area contributed by atoms with Crippen molar-refractivity contribution in [2.75, 3.05) is 12.3 Å². The maximum atomic E-state index is 10.7. The predicted octanol–water partition coefficient (Wildman–Crippen LogP) is 2.26. The lowest BCUT2D eigenvalue weighted by atomic mass is 10.5. The molecular formula is C10H10Cl2N4OS. The van der Waals surface area contributed by atoms with E-state index in [-0.39, 0.29) is 5.91 Å². The van der Waals surface area contributed by atoms with Crippen LogP contribution in [0.5, 0.6) is 0 Å². The molecule has 18 heavy (non-hydrogen) atoms. The fraction of sp³-hybridized carbons (Fsp3) is 0.300. The van der Waals surface area contributed by atoms with Gasteiger partial charge in [-0.3, -0.25) is 9.20 Å². The summed E-state index contributed by atoms with van der Waals surface area (Å²) in [5.41, 5.74) is 0.572. The summed E-state index contributed by atoms with van der Waals surface area (Å²) in [6, 6.07) is 1.62. The molecule has 96 valence electrons. The number of rotatable bonds is 4. The first-order valence-corrected chi connectivity index (χ1v) is 6.89. The lowest BCUT2D eigenvalue weighted by molar-refractivity contribution is -0.118. The number of aromatic nitrogens is 3. The molecule has 0 aromatic carbocycles. The highest BCUT2D eigenvalue weighted by atomic mass is 35.5. The summed E-state index contributed by atoms with van der Waals surface area (Å²) < 4.78 is 1.74. The lowest BCUT2D eigenvalue weighted by Gasteiger charge is -2.02. The molecular weight excluding hydrogens is 295 g/mol. The molecule has 0 aliphatic rings. The molecule has 0 saturated carbocycles. The molecule has 0 saturated heterocycles. The molecule has 2 heterocycles. The van der Waals surface area contributed by atoms with Crippen molar-refractivity contribution in [2.24, 2.45) is 0 Å². The van der Waals surface area contributed by atoms with Gasteiger partial charge in [0.1, 0.15) is 0 Å². The zero-order chi connectivity index (χ0) is 13.1. The smallest absolute Gasteiger partial charge is 0.216 e. The Labute approximate surface area is 118 Å². The third kappa shape index (κ3) is 3.07. The Morgan fingerprint density at radius 3 is 3.00 bits per heavy atom. The van der Waals surface area contributed by atoms with Crippen LogP contribution in [-0.2, 0) is 4.79 Å². The van der Waals surface area contributed by atoms with Gasteiger partial charge in [-0.05, 0) is 6.07 Å². The van der Waals surface area contributed by atoms with E-state index in [9.17, 15) is 4.79 Å². The van der Waals surface area contributed by atoms with Crippen LogP contribution < -0.4 is 5.32 Å². The molecule has 0 radical (unpaired) electrons. The van der Waals surface area contributed by atoms with Gasteiger partial charge in [0, 0.05) is 25.4 Å². The Balaban J connectivity index is 2.12. The number of carbonyl (C=O) groups excluding carboxylic acids is 1. The van der Waals surface area contributed by atoms with E-state index < -0.39 is 0 Å². The van der Waals surface area contributed by atoms with Crippen molar-refractivity contribution in [3.63, 3.8) is 0 Å². The van der Waals surface area contributed by atoms with Crippen molar-refractivity contribution in [2.45, 2.75) is 12.1 Å². The van der Waals surface area contributed by atoms with Gasteiger partial charge in [0.25, 0.3) is 0 Å². The van der Waals surface area contributed by atoms with Gasteiger partial charge in [0.05, 0.1) is 10.0 Å². The Kier molecular flexibility index (Phi) is 4.31. The van der Waals surface area contributed by atoms with Crippen LogP contribution in [0.3, 0.4) is 0 Å². The first-order valence-electron chi connectivity index (χ1n) is 5.15. The number of nitrogens with one attached hydrogen (secondary N) is 1. The maximum Gasteiger partial charge on any atom is 0.216 e. The number of amides is 1. The average molecular weight is 305 g/mol. The molecule has 0 unspecified atom stereocenters. The zero-order valence-corrected chi connectivity index (χ0v) is 11.8. The molecule has 2 aromatic rings. The van der Waals surface area contributed by atoms with E-state index in [4.69, 9.17) is 23.2 Å². The molecule has 0 bridgehead atoms. The number of hydrogen-bond donors (Lipinski definition) is 1. The molecule has 0 aliphatic heterocycles. The highest BCUT2D eigenvalue weighted by Crippen LogP contribution is 2.24. The summed E-state index contributed by atoms with van der Waals surface area (Å²) >= 11 is 13.4. The molecule has 2 rings (SSSR count). The van der Waals surface area contributed by atoms with E-state index in [0.29, 0.717) is 33.1 Å². The third-order valence-electron chi connectivity index (χ3n) is 2.10. The van der Waals surface area contributed by atoms with Gasteiger partial charge in [-0.1, -0.05) is 35.0 Å². The van der Waals surface area contributed by atoms with Gasteiger partial charge in [-0.2, -0.15) is 0 Å². The minimum absolute atomic E-state index is 0.0483. The highest BCUT2D eigenvalue weighted by molar-refractivity contribution is 7.99. The summed E-state index contributed by atoms with van der Waals surface area (Å²) in [7, 11) is 0. The topological polar surface area (TPSA) is 59.3 Å². The molecule has 8 heteroatoms. The quantitative estimate of drug-likeness (QED) is 0.695. The molecule has 0 spiro atoms. The Bertz CT molecular complexity index is 587. The van der Waals surface area contributed by atoms with Crippen molar-refractivity contribution < 1.29 is 4.79 Å². The van der Waals surface area contributed by atoms with Crippen LogP contribution in [-0.4, -0.2) is 32.8 Å². The third-order valence-corrected chi connectivity index (χ3v) is 3.53. The van der Waals surface area contributed by atoms with Gasteiger partial charge < -0.3 is 5.32 Å². The molecule has 1 N–H and O–H groups in total. The fourth-order valence-corrected chi connectivity index (χ4v) is 2.64. The number of nitrogens with zero attached hydrogens (tertiary/aromatic N) is 3. The summed E-state index contributed by atoms with van der Waals surface area (Å²) in [6.07, 6.45) is 1.71. The van der Waals surface area contributed by atoms with Gasteiger partial charge in [-0.25, -0.2) is 0 Å². The number of thioether (sulfide) groups is 1. The Hall–Kier alpha value is -0.980. The number of carbonyl (C=O) groups is 1. The normalized spacial score (nSPS) is 10.8. The van der Waals surface area contributed by atoms with Gasteiger partial charge in [0.2, 0.25) is 5.91 Å². The van der Waals surface area contributed by atoms with Crippen molar-refractivity contribution in [1.82, 2.24) is 19.9 Å². The van der Waals surface area contributed by atoms with Crippen LogP contribution in [0.2, 0.25) is 10.0 Å². The predicted molar refractivity (Wildman–Crippen MR) is 72.4 cm³/mol. The summed E-state index contributed by atoms with van der Waals surface area (Å²) in [4.78, 5) is 10.7. The molecule has 0 aliphatic carbocycles. The first-order chi connectivity index (χ1) is 8.58. The first kappa shape index (κ1) is 13.5. The van der Waals surface area contributed by atoms with Crippen molar-refractivity contribution in [3.05, 3.63) is 22.3 Å². The fourth-order valence-electron chi connectivity index (χ4n) is 1.37. The van der Waals surface area contributed by atoms with Crippen LogP contribution in [0.15, 0.2) is 17.4 Å². The standard InChI is InChI=1S/C10H10Cl2N4OS/c1-6(17)13-2-3-18-10-15-14-9-8(12)4-7(11)5-16(9)10/h4-5H,2-3H2,1H3,(H,13,17).